The summed E-state index contributed by atoms with van der Waals surface area (Å²) in [6.45, 7) is 0. The van der Waals surface area contributed by atoms with Crippen LogP contribution in [0.2, 0.25) is 0 Å². The summed E-state index contributed by atoms with van der Waals surface area (Å²) in [5, 5.41) is 6.72. The van der Waals surface area contributed by atoms with E-state index in [0.29, 0.717) is 0 Å². The van der Waals surface area contributed by atoms with Crippen LogP contribution in [0.5, 0.6) is 0 Å². The maximum absolute atomic E-state index is 11.7. The lowest BCUT2D eigenvalue weighted by molar-refractivity contribution is -0.115. The molecule has 0 spiro atoms. The highest BCUT2D eigenvalue weighted by molar-refractivity contribution is 5.92. The number of para-hydroxylation sites is 1. The Kier molecular flexibility index (Phi) is 3.70. The van der Waals surface area contributed by atoms with Crippen molar-refractivity contribution in [2.75, 3.05) is 5.32 Å². The summed E-state index contributed by atoms with van der Waals surface area (Å²) in [6.07, 6.45) is 7.39. The molecule has 4 nitrogen and oxygen atoms in total. The lowest BCUT2D eigenvalue weighted by Gasteiger charge is -2.06. The van der Waals surface area contributed by atoms with Gasteiger partial charge in [-0.2, -0.15) is 5.10 Å². The molecular weight excluding hydrogens is 214 g/mol. The highest BCUT2D eigenvalue weighted by Gasteiger charge is 2.05. The summed E-state index contributed by atoms with van der Waals surface area (Å²) in [4.78, 5) is 11.7. The van der Waals surface area contributed by atoms with Gasteiger partial charge in [-0.1, -0.05) is 24.3 Å². The van der Waals surface area contributed by atoms with Crippen LogP contribution in [0.1, 0.15) is 6.42 Å². The normalized spacial score (nSPS) is 13.5. The number of anilines is 1. The molecular formula is C13H13N3O. The van der Waals surface area contributed by atoms with Gasteiger partial charge in [-0.05, 0) is 24.3 Å². The van der Waals surface area contributed by atoms with E-state index in [1.54, 1.807) is 12.3 Å². The molecule has 0 saturated carbocycles. The van der Waals surface area contributed by atoms with Gasteiger partial charge in [0.1, 0.15) is 0 Å². The van der Waals surface area contributed by atoms with Crippen molar-refractivity contribution in [1.82, 2.24) is 5.43 Å². The maximum atomic E-state index is 11.7. The van der Waals surface area contributed by atoms with Crippen molar-refractivity contribution in [1.29, 1.82) is 0 Å². The highest BCUT2D eigenvalue weighted by atomic mass is 16.1. The first-order valence-electron chi connectivity index (χ1n) is 5.34. The molecule has 0 unspecified atom stereocenters. The van der Waals surface area contributed by atoms with Gasteiger partial charge in [0.2, 0.25) is 5.91 Å². The van der Waals surface area contributed by atoms with E-state index in [-0.39, 0.29) is 12.3 Å². The van der Waals surface area contributed by atoms with Gasteiger partial charge < -0.3 is 5.32 Å². The molecule has 4 heteroatoms. The van der Waals surface area contributed by atoms with Gasteiger partial charge in [-0.25, -0.2) is 0 Å². The van der Waals surface area contributed by atoms with Gasteiger partial charge in [-0.3, -0.25) is 10.2 Å². The number of benzene rings is 1. The molecule has 2 rings (SSSR count). The van der Waals surface area contributed by atoms with Crippen molar-refractivity contribution in [3.63, 3.8) is 0 Å². The van der Waals surface area contributed by atoms with Gasteiger partial charge in [-0.15, -0.1) is 0 Å². The van der Waals surface area contributed by atoms with Crippen LogP contribution in [0.3, 0.4) is 0 Å². The number of rotatable bonds is 3. The van der Waals surface area contributed by atoms with E-state index < -0.39 is 0 Å². The first-order valence-corrected chi connectivity index (χ1v) is 5.34. The van der Waals surface area contributed by atoms with Crippen LogP contribution in [0.15, 0.2) is 59.4 Å². The fourth-order valence-electron chi connectivity index (χ4n) is 1.42. The second-order valence-corrected chi connectivity index (χ2v) is 3.56. The average Bonchev–Trinajstić information content (AvgIpc) is 2.59. The molecule has 0 aliphatic carbocycles. The van der Waals surface area contributed by atoms with Crippen molar-refractivity contribution in [2.45, 2.75) is 6.42 Å². The Morgan fingerprint density at radius 1 is 1.24 bits per heavy atom. The number of hydrazone groups is 1. The number of nitrogens with one attached hydrogen (secondary N) is 2. The van der Waals surface area contributed by atoms with Gasteiger partial charge in [0.05, 0.1) is 6.42 Å². The van der Waals surface area contributed by atoms with Gasteiger partial charge in [0.25, 0.3) is 0 Å². The molecule has 1 aromatic rings. The Hall–Kier alpha value is -2.36. The molecule has 0 atom stereocenters. The third-order valence-corrected chi connectivity index (χ3v) is 2.19. The molecule has 0 radical (unpaired) electrons. The van der Waals surface area contributed by atoms with E-state index in [9.17, 15) is 4.79 Å². The molecule has 1 aromatic carbocycles. The average molecular weight is 227 g/mol. The Balaban J connectivity index is 1.92. The van der Waals surface area contributed by atoms with Crippen LogP contribution in [0.4, 0.5) is 5.69 Å². The fraction of sp³-hybridized carbons (Fsp3) is 0.0769. The first kappa shape index (κ1) is 11.1. The summed E-state index contributed by atoms with van der Waals surface area (Å²) >= 11 is 0. The Morgan fingerprint density at radius 2 is 2.06 bits per heavy atom. The summed E-state index contributed by atoms with van der Waals surface area (Å²) in [7, 11) is 0. The molecule has 0 aromatic heterocycles. The summed E-state index contributed by atoms with van der Waals surface area (Å²) in [6, 6.07) is 9.37. The second kappa shape index (κ2) is 5.65. The van der Waals surface area contributed by atoms with Crippen molar-refractivity contribution in [3.8, 4) is 0 Å². The van der Waals surface area contributed by atoms with Gasteiger partial charge in [0, 0.05) is 17.6 Å². The van der Waals surface area contributed by atoms with Crippen molar-refractivity contribution >= 4 is 17.8 Å². The van der Waals surface area contributed by atoms with E-state index >= 15 is 0 Å². The summed E-state index contributed by atoms with van der Waals surface area (Å²) in [5.74, 6) is -0.0690. The highest BCUT2D eigenvalue weighted by Crippen LogP contribution is 2.07. The zero-order valence-corrected chi connectivity index (χ0v) is 9.26. The molecule has 17 heavy (non-hydrogen) atoms. The lowest BCUT2D eigenvalue weighted by Crippen LogP contribution is -2.16. The van der Waals surface area contributed by atoms with Crippen molar-refractivity contribution in [3.05, 3.63) is 54.3 Å². The largest absolute Gasteiger partial charge is 0.326 e. The zero-order valence-electron chi connectivity index (χ0n) is 9.26. The fourth-order valence-corrected chi connectivity index (χ4v) is 1.42. The number of hydrogen-bond acceptors (Lipinski definition) is 3. The number of amides is 1. The Morgan fingerprint density at radius 3 is 2.88 bits per heavy atom. The molecule has 1 aliphatic rings. The molecule has 0 bridgehead atoms. The Bertz CT molecular complexity index is 475. The van der Waals surface area contributed by atoms with E-state index in [4.69, 9.17) is 0 Å². The topological polar surface area (TPSA) is 53.5 Å². The van der Waals surface area contributed by atoms with Crippen LogP contribution in [0, 0.1) is 0 Å². The summed E-state index contributed by atoms with van der Waals surface area (Å²) < 4.78 is 0. The van der Waals surface area contributed by atoms with E-state index in [2.05, 4.69) is 15.8 Å². The van der Waals surface area contributed by atoms with Crippen molar-refractivity contribution in [2.24, 2.45) is 5.10 Å². The van der Waals surface area contributed by atoms with Crippen LogP contribution < -0.4 is 10.7 Å². The third kappa shape index (κ3) is 3.61. The Labute approximate surface area is 99.7 Å². The lowest BCUT2D eigenvalue weighted by atomic mass is 10.2. The minimum Gasteiger partial charge on any atom is -0.326 e. The SMILES string of the molecule is O=C(CC1=CC=CC=NN1)Nc1ccccc1. The number of carbonyl (C=O) groups excluding carboxylic acids is 1. The molecule has 1 aliphatic heterocycles. The van der Waals surface area contributed by atoms with Crippen LogP contribution >= 0.6 is 0 Å². The number of nitrogens with zero attached hydrogens (tertiary/aromatic N) is 1. The number of allylic oxidation sites excluding steroid dienone is 3. The molecule has 1 amide bonds. The van der Waals surface area contributed by atoms with Crippen LogP contribution in [-0.4, -0.2) is 12.1 Å². The van der Waals surface area contributed by atoms with Crippen LogP contribution in [-0.2, 0) is 4.79 Å². The monoisotopic (exact) mass is 227 g/mol. The first-order chi connectivity index (χ1) is 8.34. The van der Waals surface area contributed by atoms with Crippen LogP contribution in [0.25, 0.3) is 0 Å². The van der Waals surface area contributed by atoms with E-state index in [1.807, 2.05) is 42.5 Å². The summed E-state index contributed by atoms with van der Waals surface area (Å²) in [5.41, 5.74) is 4.37. The van der Waals surface area contributed by atoms with Gasteiger partial charge >= 0.3 is 0 Å². The molecule has 1 heterocycles. The van der Waals surface area contributed by atoms with Gasteiger partial charge in [0.15, 0.2) is 0 Å². The second-order valence-electron chi connectivity index (χ2n) is 3.56. The predicted molar refractivity (Wildman–Crippen MR) is 68.5 cm³/mol. The number of carbonyl (C=O) groups is 1. The third-order valence-electron chi connectivity index (χ3n) is 2.19. The minimum absolute atomic E-state index is 0.0690. The van der Waals surface area contributed by atoms with Crippen molar-refractivity contribution < 1.29 is 4.79 Å². The quantitative estimate of drug-likeness (QED) is 0.830. The van der Waals surface area contributed by atoms with E-state index in [1.165, 1.54) is 0 Å². The molecule has 0 fully saturated rings. The molecule has 0 saturated heterocycles. The molecule has 86 valence electrons. The van der Waals surface area contributed by atoms with E-state index in [0.717, 1.165) is 11.4 Å². The maximum Gasteiger partial charge on any atom is 0.230 e. The minimum atomic E-state index is -0.0690. The number of hydrogen-bond donors (Lipinski definition) is 2. The molecule has 2 N–H and O–H groups in total. The predicted octanol–water partition coefficient (Wildman–Crippen LogP) is 2.04. The standard InChI is InChI=1S/C13H13N3O/c17-13(15-11-6-2-1-3-7-11)10-12-8-4-5-9-14-16-12/h1-9,16H,10H2,(H,15,17). The zero-order chi connectivity index (χ0) is 11.9. The smallest absolute Gasteiger partial charge is 0.230 e.